The Balaban J connectivity index is 1.09. The molecule has 3 aromatic rings. The van der Waals surface area contributed by atoms with E-state index in [-0.39, 0.29) is 19.2 Å². The van der Waals surface area contributed by atoms with Gasteiger partial charge in [-0.2, -0.15) is 0 Å². The van der Waals surface area contributed by atoms with Crippen molar-refractivity contribution in [2.24, 2.45) is 5.73 Å². The number of aryl methyl sites for hydroxylation is 1. The molecule has 1 aromatic heterocycles. The molecule has 202 valence electrons. The monoisotopic (exact) mass is 536 g/mol. The first kappa shape index (κ1) is 26.5. The van der Waals surface area contributed by atoms with Crippen LogP contribution < -0.4 is 20.3 Å². The van der Waals surface area contributed by atoms with Crippen LogP contribution in [-0.2, 0) is 20.7 Å². The second-order valence-electron chi connectivity index (χ2n) is 9.89. The lowest BCUT2D eigenvalue weighted by Crippen LogP contribution is -2.46. The fourth-order valence-corrected chi connectivity index (χ4v) is 6.10. The number of hydrogen-bond donors (Lipinski definition) is 1. The first-order valence-electron chi connectivity index (χ1n) is 13.4. The third kappa shape index (κ3) is 5.95. The molecule has 38 heavy (non-hydrogen) atoms. The number of rotatable bonds is 10. The minimum atomic E-state index is -0.534. The Bertz CT molecular complexity index is 1280. The maximum atomic E-state index is 12.7. The van der Waals surface area contributed by atoms with Crippen molar-refractivity contribution in [1.29, 1.82) is 0 Å². The molecular weight excluding hydrogens is 500 g/mol. The molecular formula is C29H36N4O4S. The lowest BCUT2D eigenvalue weighted by molar-refractivity contribution is -0.142. The Labute approximate surface area is 227 Å². The van der Waals surface area contributed by atoms with Gasteiger partial charge in [-0.05, 0) is 73.5 Å². The number of carbonyl (C=O) groups excluding carboxylic acids is 2. The summed E-state index contributed by atoms with van der Waals surface area (Å²) in [6.45, 7) is 7.59. The highest BCUT2D eigenvalue weighted by molar-refractivity contribution is 7.17. The van der Waals surface area contributed by atoms with Gasteiger partial charge in [0.15, 0.2) is 6.73 Å². The number of hydrogen-bond acceptors (Lipinski definition) is 8. The van der Waals surface area contributed by atoms with Crippen LogP contribution in [0.5, 0.6) is 5.75 Å². The first-order chi connectivity index (χ1) is 18.5. The van der Waals surface area contributed by atoms with E-state index in [4.69, 9.17) is 15.2 Å². The van der Waals surface area contributed by atoms with E-state index in [9.17, 15) is 9.59 Å². The fraction of sp³-hybridized carbons (Fsp3) is 0.448. The summed E-state index contributed by atoms with van der Waals surface area (Å²) in [5.41, 5.74) is 9.54. The molecule has 3 heterocycles. The summed E-state index contributed by atoms with van der Waals surface area (Å²) in [4.78, 5) is 30.8. The highest BCUT2D eigenvalue weighted by atomic mass is 32.1. The number of amides is 1. The third-order valence-corrected chi connectivity index (χ3v) is 8.39. The average Bonchev–Trinajstić information content (AvgIpc) is 3.41. The number of nitrogens with two attached hydrogens (primary N) is 1. The SMILES string of the molecule is Cc1c2cc(OCCCCN3CCN(c4cccc5sccc45)CC3)cc1N(COC(=O)CN)C(=O)CC2. The second kappa shape index (κ2) is 12.1. The molecule has 2 N–H and O–H groups in total. The van der Waals surface area contributed by atoms with Gasteiger partial charge in [0.25, 0.3) is 0 Å². The number of thiophene rings is 1. The van der Waals surface area contributed by atoms with Gasteiger partial charge in [0, 0.05) is 54.4 Å². The summed E-state index contributed by atoms with van der Waals surface area (Å²) in [5, 5.41) is 3.54. The van der Waals surface area contributed by atoms with Crippen molar-refractivity contribution in [3.05, 3.63) is 52.9 Å². The number of esters is 1. The van der Waals surface area contributed by atoms with Crippen molar-refractivity contribution >= 4 is 44.7 Å². The quantitative estimate of drug-likeness (QED) is 0.310. The number of carbonyl (C=O) groups is 2. The molecule has 2 aromatic carbocycles. The van der Waals surface area contributed by atoms with Crippen molar-refractivity contribution in [2.45, 2.75) is 32.6 Å². The minimum absolute atomic E-state index is 0.0721. The molecule has 9 heteroatoms. The molecule has 2 aliphatic rings. The third-order valence-electron chi connectivity index (χ3n) is 7.51. The molecule has 1 saturated heterocycles. The number of nitrogens with zero attached hydrogens (tertiary/aromatic N) is 3. The van der Waals surface area contributed by atoms with Crippen molar-refractivity contribution in [1.82, 2.24) is 4.90 Å². The zero-order valence-electron chi connectivity index (χ0n) is 22.0. The molecule has 8 nitrogen and oxygen atoms in total. The topological polar surface area (TPSA) is 88.3 Å². The standard InChI is InChI=1S/C29H36N4O4S/c1-21-22-7-8-28(34)33(20-37-29(35)19-30)26(21)18-23(17-22)36-15-3-2-10-31-11-13-32(14-12-31)25-5-4-6-27-24(25)9-16-38-27/h4-6,9,16-18H,2-3,7-8,10-15,19-20,30H2,1H3. The molecule has 0 spiro atoms. The predicted molar refractivity (Wildman–Crippen MR) is 152 cm³/mol. The van der Waals surface area contributed by atoms with Gasteiger partial charge in [-0.3, -0.25) is 19.4 Å². The lowest BCUT2D eigenvalue weighted by Gasteiger charge is -2.36. The van der Waals surface area contributed by atoms with Gasteiger partial charge >= 0.3 is 5.97 Å². The molecule has 1 fully saturated rings. The Morgan fingerprint density at radius 1 is 1.05 bits per heavy atom. The Hall–Kier alpha value is -3.14. The van der Waals surface area contributed by atoms with Gasteiger partial charge in [-0.1, -0.05) is 6.07 Å². The molecule has 0 radical (unpaired) electrons. The molecule has 5 rings (SSSR count). The van der Waals surface area contributed by atoms with E-state index in [0.717, 1.165) is 68.1 Å². The summed E-state index contributed by atoms with van der Waals surface area (Å²) in [6, 6.07) is 12.8. The van der Waals surface area contributed by atoms with Crippen LogP contribution in [0.2, 0.25) is 0 Å². The number of piperazine rings is 1. The Kier molecular flexibility index (Phi) is 8.46. The predicted octanol–water partition coefficient (Wildman–Crippen LogP) is 3.93. The van der Waals surface area contributed by atoms with Crippen LogP contribution >= 0.6 is 11.3 Å². The van der Waals surface area contributed by atoms with Crippen molar-refractivity contribution < 1.29 is 19.1 Å². The number of unbranched alkanes of at least 4 members (excludes halogenated alkanes) is 1. The van der Waals surface area contributed by atoms with E-state index in [1.807, 2.05) is 19.1 Å². The van der Waals surface area contributed by atoms with E-state index in [1.165, 1.54) is 20.7 Å². The van der Waals surface area contributed by atoms with E-state index in [2.05, 4.69) is 39.4 Å². The van der Waals surface area contributed by atoms with E-state index in [0.29, 0.717) is 19.4 Å². The second-order valence-corrected chi connectivity index (χ2v) is 10.8. The molecule has 0 atom stereocenters. The normalized spacial score (nSPS) is 16.1. The highest BCUT2D eigenvalue weighted by Gasteiger charge is 2.25. The van der Waals surface area contributed by atoms with Crippen molar-refractivity contribution in [2.75, 3.05) is 62.4 Å². The maximum Gasteiger partial charge on any atom is 0.321 e. The maximum absolute atomic E-state index is 12.7. The zero-order chi connectivity index (χ0) is 26.5. The largest absolute Gasteiger partial charge is 0.494 e. The van der Waals surface area contributed by atoms with Gasteiger partial charge in [-0.25, -0.2) is 0 Å². The van der Waals surface area contributed by atoms with Crippen LogP contribution in [0.15, 0.2) is 41.8 Å². The summed E-state index contributed by atoms with van der Waals surface area (Å²) in [5.74, 6) is 0.146. The van der Waals surface area contributed by atoms with Crippen LogP contribution in [0.3, 0.4) is 0 Å². The lowest BCUT2D eigenvalue weighted by atomic mass is 10.0. The van der Waals surface area contributed by atoms with Crippen molar-refractivity contribution in [3.8, 4) is 5.75 Å². The van der Waals surface area contributed by atoms with Crippen LogP contribution in [0.1, 0.15) is 30.4 Å². The molecule has 0 unspecified atom stereocenters. The molecule has 0 aliphatic carbocycles. The van der Waals surface area contributed by atoms with E-state index in [1.54, 1.807) is 11.3 Å². The average molecular weight is 537 g/mol. The number of fused-ring (bicyclic) bond motifs is 3. The number of ether oxygens (including phenoxy) is 2. The smallest absolute Gasteiger partial charge is 0.321 e. The molecule has 2 aliphatic heterocycles. The van der Waals surface area contributed by atoms with Crippen LogP contribution in [-0.4, -0.2) is 69.4 Å². The van der Waals surface area contributed by atoms with E-state index >= 15 is 0 Å². The molecule has 2 bridgehead atoms. The fourth-order valence-electron chi connectivity index (χ4n) is 5.29. The van der Waals surface area contributed by atoms with Crippen molar-refractivity contribution in [3.63, 3.8) is 0 Å². The number of benzene rings is 2. The summed E-state index contributed by atoms with van der Waals surface area (Å²) >= 11 is 1.80. The van der Waals surface area contributed by atoms with Gasteiger partial charge in [0.2, 0.25) is 5.91 Å². The van der Waals surface area contributed by atoms with Gasteiger partial charge in [0.1, 0.15) is 5.75 Å². The van der Waals surface area contributed by atoms with Gasteiger partial charge < -0.3 is 20.1 Å². The van der Waals surface area contributed by atoms with Crippen LogP contribution in [0, 0.1) is 6.92 Å². The summed E-state index contributed by atoms with van der Waals surface area (Å²) < 4.78 is 12.6. The molecule has 1 amide bonds. The van der Waals surface area contributed by atoms with E-state index < -0.39 is 5.97 Å². The molecule has 0 saturated carbocycles. The summed E-state index contributed by atoms with van der Waals surface area (Å²) in [7, 11) is 0. The van der Waals surface area contributed by atoms with Crippen LogP contribution in [0.4, 0.5) is 11.4 Å². The van der Waals surface area contributed by atoms with Crippen LogP contribution in [0.25, 0.3) is 10.1 Å². The summed E-state index contributed by atoms with van der Waals surface area (Å²) in [6.07, 6.45) is 3.04. The highest BCUT2D eigenvalue weighted by Crippen LogP contribution is 2.34. The first-order valence-corrected chi connectivity index (χ1v) is 14.3. The van der Waals surface area contributed by atoms with Gasteiger partial charge in [-0.15, -0.1) is 11.3 Å². The number of anilines is 2. The Morgan fingerprint density at radius 2 is 1.89 bits per heavy atom. The minimum Gasteiger partial charge on any atom is -0.494 e. The van der Waals surface area contributed by atoms with Gasteiger partial charge in [0.05, 0.1) is 18.8 Å². The zero-order valence-corrected chi connectivity index (χ0v) is 22.8. The Morgan fingerprint density at radius 3 is 2.71 bits per heavy atom.